The predicted octanol–water partition coefficient (Wildman–Crippen LogP) is 2.03. The maximum absolute atomic E-state index is 11.7. The number of aryl methyl sites for hydroxylation is 2. The summed E-state index contributed by atoms with van der Waals surface area (Å²) >= 11 is 0. The molecular weight excluding hydrogens is 224 g/mol. The molecule has 0 saturated carbocycles. The lowest BCUT2D eigenvalue weighted by molar-refractivity contribution is -0.136. The third-order valence-electron chi connectivity index (χ3n) is 2.54. The number of benzene rings is 1. The van der Waals surface area contributed by atoms with Crippen LogP contribution >= 0.6 is 0 Å². The molecule has 16 heavy (non-hydrogen) atoms. The summed E-state index contributed by atoms with van der Waals surface area (Å²) in [6.45, 7) is 5.38. The van der Waals surface area contributed by atoms with Gasteiger partial charge in [0.2, 0.25) is 0 Å². The fraction of sp³-hybridized carbons (Fsp3) is 0.417. The van der Waals surface area contributed by atoms with Gasteiger partial charge < -0.3 is 5.11 Å². The number of carboxylic acid groups (broad SMARTS) is 1. The molecule has 0 radical (unpaired) electrons. The van der Waals surface area contributed by atoms with Gasteiger partial charge in [-0.3, -0.25) is 9.00 Å². The van der Waals surface area contributed by atoms with Gasteiger partial charge in [-0.25, -0.2) is 0 Å². The van der Waals surface area contributed by atoms with Crippen LogP contribution in [0.3, 0.4) is 0 Å². The smallest absolute Gasteiger partial charge is 0.318 e. The van der Waals surface area contributed by atoms with Crippen LogP contribution in [0.1, 0.15) is 23.6 Å². The maximum Gasteiger partial charge on any atom is 0.318 e. The summed E-state index contributed by atoms with van der Waals surface area (Å²) in [5, 5.41) is 7.94. The molecule has 88 valence electrons. The van der Waals surface area contributed by atoms with Crippen molar-refractivity contribution in [1.82, 2.24) is 0 Å². The molecule has 0 amide bonds. The molecule has 1 rings (SSSR count). The van der Waals surface area contributed by atoms with Crippen molar-refractivity contribution in [2.24, 2.45) is 0 Å². The van der Waals surface area contributed by atoms with Crippen molar-refractivity contribution in [2.75, 3.05) is 0 Å². The highest BCUT2D eigenvalue weighted by Gasteiger charge is 2.19. The van der Waals surface area contributed by atoms with Crippen molar-refractivity contribution in [3.63, 3.8) is 0 Å². The molecular formula is C12H16O3S. The SMILES string of the molecule is Cc1ccc(C)c(C[S@@](=O)[C@H](C)C(=O)O)c1. The third kappa shape index (κ3) is 3.17. The van der Waals surface area contributed by atoms with E-state index < -0.39 is 22.0 Å². The van der Waals surface area contributed by atoms with E-state index in [2.05, 4.69) is 0 Å². The number of rotatable bonds is 4. The van der Waals surface area contributed by atoms with Crippen molar-refractivity contribution >= 4 is 16.8 Å². The van der Waals surface area contributed by atoms with E-state index in [4.69, 9.17) is 5.11 Å². The highest BCUT2D eigenvalue weighted by Crippen LogP contribution is 2.14. The third-order valence-corrected chi connectivity index (χ3v) is 4.13. The van der Waals surface area contributed by atoms with E-state index in [1.807, 2.05) is 32.0 Å². The molecule has 0 unspecified atom stereocenters. The van der Waals surface area contributed by atoms with Crippen LogP contribution in [0.5, 0.6) is 0 Å². The Morgan fingerprint density at radius 1 is 1.44 bits per heavy atom. The van der Waals surface area contributed by atoms with Crippen LogP contribution in [0.4, 0.5) is 0 Å². The van der Waals surface area contributed by atoms with Crippen LogP contribution in [-0.2, 0) is 21.3 Å². The molecule has 0 aliphatic carbocycles. The molecule has 1 N–H and O–H groups in total. The lowest BCUT2D eigenvalue weighted by atomic mass is 10.1. The molecule has 0 saturated heterocycles. The second kappa shape index (κ2) is 5.25. The summed E-state index contributed by atoms with van der Waals surface area (Å²) < 4.78 is 11.7. The Labute approximate surface area is 98.0 Å². The van der Waals surface area contributed by atoms with Crippen LogP contribution in [0.25, 0.3) is 0 Å². The highest BCUT2D eigenvalue weighted by molar-refractivity contribution is 7.85. The lowest BCUT2D eigenvalue weighted by Crippen LogP contribution is -2.23. The normalized spacial score (nSPS) is 14.4. The summed E-state index contributed by atoms with van der Waals surface area (Å²) in [5.74, 6) is -0.704. The van der Waals surface area contributed by atoms with Crippen molar-refractivity contribution in [2.45, 2.75) is 31.8 Å². The Bertz CT molecular complexity index is 426. The van der Waals surface area contributed by atoms with E-state index in [-0.39, 0.29) is 0 Å². The van der Waals surface area contributed by atoms with Gasteiger partial charge in [0.05, 0.1) is 0 Å². The van der Waals surface area contributed by atoms with E-state index >= 15 is 0 Å². The first-order chi connectivity index (χ1) is 7.41. The van der Waals surface area contributed by atoms with E-state index in [0.29, 0.717) is 5.75 Å². The summed E-state index contributed by atoms with van der Waals surface area (Å²) in [6.07, 6.45) is 0. The molecule has 2 atom stereocenters. The van der Waals surface area contributed by atoms with E-state index in [9.17, 15) is 9.00 Å². The molecule has 0 aliphatic heterocycles. The molecule has 1 aromatic carbocycles. The molecule has 3 nitrogen and oxygen atoms in total. The van der Waals surface area contributed by atoms with Gasteiger partial charge in [0.1, 0.15) is 5.25 Å². The second-order valence-corrected chi connectivity index (χ2v) is 5.69. The average molecular weight is 240 g/mol. The number of carboxylic acids is 1. The highest BCUT2D eigenvalue weighted by atomic mass is 32.2. The molecule has 0 bridgehead atoms. The van der Waals surface area contributed by atoms with E-state index in [1.165, 1.54) is 6.92 Å². The first-order valence-corrected chi connectivity index (χ1v) is 6.46. The summed E-state index contributed by atoms with van der Waals surface area (Å²) in [4.78, 5) is 10.7. The minimum Gasteiger partial charge on any atom is -0.480 e. The Morgan fingerprint density at radius 2 is 2.06 bits per heavy atom. The van der Waals surface area contributed by atoms with Crippen molar-refractivity contribution in [3.05, 3.63) is 34.9 Å². The number of hydrogen-bond acceptors (Lipinski definition) is 2. The van der Waals surface area contributed by atoms with Crippen molar-refractivity contribution < 1.29 is 14.1 Å². The van der Waals surface area contributed by atoms with Gasteiger partial charge in [0, 0.05) is 16.6 Å². The van der Waals surface area contributed by atoms with Crippen LogP contribution in [0.2, 0.25) is 0 Å². The number of carbonyl (C=O) groups is 1. The molecule has 1 aromatic rings. The second-order valence-electron chi connectivity index (χ2n) is 3.94. The van der Waals surface area contributed by atoms with Crippen LogP contribution in [-0.4, -0.2) is 20.5 Å². The van der Waals surface area contributed by atoms with Gasteiger partial charge in [0.25, 0.3) is 0 Å². The van der Waals surface area contributed by atoms with Gasteiger partial charge in [-0.2, -0.15) is 0 Å². The molecule has 0 aromatic heterocycles. The van der Waals surface area contributed by atoms with Crippen molar-refractivity contribution in [3.8, 4) is 0 Å². The topological polar surface area (TPSA) is 54.4 Å². The number of aliphatic carboxylic acids is 1. The van der Waals surface area contributed by atoms with Crippen molar-refractivity contribution in [1.29, 1.82) is 0 Å². The van der Waals surface area contributed by atoms with Gasteiger partial charge in [-0.05, 0) is 31.9 Å². The molecule has 4 heteroatoms. The summed E-state index contributed by atoms with van der Waals surface area (Å²) in [6, 6.07) is 5.91. The zero-order valence-electron chi connectivity index (χ0n) is 9.69. The first-order valence-electron chi connectivity index (χ1n) is 5.08. The van der Waals surface area contributed by atoms with E-state index in [0.717, 1.165) is 16.7 Å². The fourth-order valence-electron chi connectivity index (χ4n) is 1.35. The predicted molar refractivity (Wildman–Crippen MR) is 64.9 cm³/mol. The molecule has 0 spiro atoms. The van der Waals surface area contributed by atoms with Gasteiger partial charge in [-0.15, -0.1) is 0 Å². The summed E-state index contributed by atoms with van der Waals surface area (Å²) in [5.41, 5.74) is 3.11. The first kappa shape index (κ1) is 12.9. The molecule has 0 aliphatic rings. The minimum atomic E-state index is -1.36. The average Bonchev–Trinajstić information content (AvgIpc) is 2.22. The quantitative estimate of drug-likeness (QED) is 0.876. The summed E-state index contributed by atoms with van der Waals surface area (Å²) in [7, 11) is -1.36. The Morgan fingerprint density at radius 3 is 2.62 bits per heavy atom. The van der Waals surface area contributed by atoms with E-state index in [1.54, 1.807) is 0 Å². The Hall–Kier alpha value is -1.16. The van der Waals surface area contributed by atoms with Gasteiger partial charge in [0.15, 0.2) is 0 Å². The Balaban J connectivity index is 2.84. The monoisotopic (exact) mass is 240 g/mol. The van der Waals surface area contributed by atoms with Gasteiger partial charge >= 0.3 is 5.97 Å². The molecule has 0 fully saturated rings. The fourth-order valence-corrected chi connectivity index (χ4v) is 2.44. The minimum absolute atomic E-state index is 0.307. The zero-order chi connectivity index (χ0) is 12.3. The number of hydrogen-bond donors (Lipinski definition) is 1. The zero-order valence-corrected chi connectivity index (χ0v) is 10.5. The molecule has 0 heterocycles. The largest absolute Gasteiger partial charge is 0.480 e. The standard InChI is InChI=1S/C12H16O3S/c1-8-4-5-9(2)11(6-8)7-16(15)10(3)12(13)14/h4-6,10H,7H2,1-3H3,(H,13,14)/t10-,16-/m1/s1. The van der Waals surface area contributed by atoms with Crippen LogP contribution in [0, 0.1) is 13.8 Å². The van der Waals surface area contributed by atoms with Crippen LogP contribution < -0.4 is 0 Å². The lowest BCUT2D eigenvalue weighted by Gasteiger charge is -2.09. The van der Waals surface area contributed by atoms with Gasteiger partial charge in [-0.1, -0.05) is 23.8 Å². The van der Waals surface area contributed by atoms with Crippen LogP contribution in [0.15, 0.2) is 18.2 Å². The Kier molecular flexibility index (Phi) is 4.24. The maximum atomic E-state index is 11.7.